The number of allylic oxidation sites excluding steroid dienone is 22. The number of phosphoric ester groups is 2. The van der Waals surface area contributed by atoms with Crippen LogP contribution in [0.1, 0.15) is 316 Å². The molecule has 5 atom stereocenters. The van der Waals surface area contributed by atoms with Crippen LogP contribution < -0.4 is 0 Å². The largest absolute Gasteiger partial charge is 0.472 e. The number of esters is 3. The van der Waals surface area contributed by atoms with Gasteiger partial charge < -0.3 is 34.2 Å². The first-order chi connectivity index (χ1) is 49.2. The highest BCUT2D eigenvalue weighted by molar-refractivity contribution is 7.47. The normalized spacial score (nSPS) is 14.7. The number of aliphatic hydroxyl groups excluding tert-OH is 2. The van der Waals surface area contributed by atoms with E-state index >= 15 is 0 Å². The number of carbonyl (C=O) groups is 3. The Kier molecular flexibility index (Phi) is 72.2. The van der Waals surface area contributed by atoms with E-state index in [0.717, 1.165) is 161 Å². The molecule has 4 N–H and O–H groups in total. The SMILES string of the molecule is CC/C=C\C/C=C\C/C=C\CCCCCCCC(=O)OC(COC(=O)CCCCCCCCC/C=C\C/C=C\C/C=C\C/C=C\CCCCC)COP(=O)(O)OCC(O)COP(=O)(O)OCC(O)COC(=O)CCCCCCCCCCCCC/C=C\C/C=C\C/C=C\C/C=C\CCCCC. The van der Waals surface area contributed by atoms with Gasteiger partial charge in [-0.25, -0.2) is 9.13 Å². The molecule has 16 nitrogen and oxygen atoms in total. The summed E-state index contributed by atoms with van der Waals surface area (Å²) in [6.07, 6.45) is 90.6. The van der Waals surface area contributed by atoms with Crippen molar-refractivity contribution in [2.75, 3.05) is 39.6 Å². The van der Waals surface area contributed by atoms with Crippen molar-refractivity contribution in [3.05, 3.63) is 134 Å². The van der Waals surface area contributed by atoms with Crippen molar-refractivity contribution in [1.82, 2.24) is 0 Å². The quantitative estimate of drug-likeness (QED) is 0.0146. The molecule has 0 aromatic rings. The number of carbonyl (C=O) groups excluding carboxylic acids is 3. The molecule has 0 aliphatic rings. The summed E-state index contributed by atoms with van der Waals surface area (Å²) in [5.41, 5.74) is 0. The summed E-state index contributed by atoms with van der Waals surface area (Å²) < 4.78 is 61.1. The van der Waals surface area contributed by atoms with Crippen LogP contribution in [0.15, 0.2) is 134 Å². The maximum absolute atomic E-state index is 13.0. The molecule has 580 valence electrons. The van der Waals surface area contributed by atoms with E-state index in [1.807, 2.05) is 0 Å². The standard InChI is InChI=1S/C83H142O16P2/c1-4-7-10-13-16-19-22-25-28-30-32-34-36-37-38-39-41-43-44-46-49-51-54-57-60-63-66-69-81(86)93-72-78(84)73-95-100(89,90)96-74-79(85)75-97-101(91,92)98-77-80(99-83(88)71-68-65-62-59-56-53-48-27-24-21-18-15-12-9-6-3)76-94-82(87)70-67-64-61-58-55-52-50-47-45-42-40-35-33-31-29-26-23-20-17-14-11-8-5-2/h9,12,16-21,25-29,32-35,37-38,42,45,48,78-80,84-85H,4-8,10-11,13-15,22-24,30-31,36,39-41,43-44,46-47,49-77H2,1-3H3,(H,89,90)(H,91,92)/b12-9-,19-16-,20-17-,21-18-,28-25-,29-26-,34-32-,35-33-,38-37-,45-42-,48-27-. The van der Waals surface area contributed by atoms with Gasteiger partial charge in [-0.3, -0.25) is 32.5 Å². The van der Waals surface area contributed by atoms with Crippen molar-refractivity contribution in [1.29, 1.82) is 0 Å². The summed E-state index contributed by atoms with van der Waals surface area (Å²) in [6.45, 7) is 2.48. The van der Waals surface area contributed by atoms with E-state index in [1.165, 1.54) is 96.3 Å². The summed E-state index contributed by atoms with van der Waals surface area (Å²) in [4.78, 5) is 58.6. The summed E-state index contributed by atoms with van der Waals surface area (Å²) in [5.74, 6) is -1.61. The van der Waals surface area contributed by atoms with Gasteiger partial charge >= 0.3 is 33.6 Å². The average molecular weight is 1460 g/mol. The Balaban J connectivity index is 4.59. The molecular weight excluding hydrogens is 1310 g/mol. The Morgan fingerprint density at radius 2 is 0.525 bits per heavy atom. The summed E-state index contributed by atoms with van der Waals surface area (Å²) >= 11 is 0. The van der Waals surface area contributed by atoms with Crippen molar-refractivity contribution >= 4 is 33.6 Å². The zero-order chi connectivity index (χ0) is 73.7. The van der Waals surface area contributed by atoms with Crippen LogP contribution >= 0.6 is 15.6 Å². The summed E-state index contributed by atoms with van der Waals surface area (Å²) in [6, 6.07) is 0. The topological polar surface area (TPSA) is 231 Å². The Hall–Kier alpha value is -4.31. The summed E-state index contributed by atoms with van der Waals surface area (Å²) in [5, 5.41) is 20.6. The van der Waals surface area contributed by atoms with Gasteiger partial charge in [0.1, 0.15) is 25.4 Å². The number of unbranched alkanes of at least 4 members (excludes halogenated alkanes) is 29. The third kappa shape index (κ3) is 76.6. The predicted octanol–water partition coefficient (Wildman–Crippen LogP) is 23.1. The molecule has 0 fully saturated rings. The number of ether oxygens (including phenoxy) is 3. The maximum atomic E-state index is 13.0. The predicted molar refractivity (Wildman–Crippen MR) is 417 cm³/mol. The van der Waals surface area contributed by atoms with Gasteiger partial charge in [0.15, 0.2) is 6.10 Å². The average Bonchev–Trinajstić information content (AvgIpc) is 0.937. The molecule has 0 amide bonds. The molecule has 0 aliphatic heterocycles. The van der Waals surface area contributed by atoms with Crippen molar-refractivity contribution in [2.24, 2.45) is 0 Å². The Bertz CT molecular complexity index is 2370. The van der Waals surface area contributed by atoms with Gasteiger partial charge in [0.2, 0.25) is 0 Å². The third-order valence-electron chi connectivity index (χ3n) is 16.3. The van der Waals surface area contributed by atoms with Crippen molar-refractivity contribution in [3.8, 4) is 0 Å². The highest BCUT2D eigenvalue weighted by Crippen LogP contribution is 2.45. The first-order valence-corrected chi connectivity index (χ1v) is 42.5. The third-order valence-corrected chi connectivity index (χ3v) is 18.2. The lowest BCUT2D eigenvalue weighted by Crippen LogP contribution is -2.30. The van der Waals surface area contributed by atoms with Crippen LogP contribution in [-0.4, -0.2) is 95.9 Å². The molecule has 0 aliphatic carbocycles. The van der Waals surface area contributed by atoms with Crippen molar-refractivity contribution < 1.29 is 75.8 Å². The molecule has 0 aromatic carbocycles. The molecule has 0 radical (unpaired) electrons. The van der Waals surface area contributed by atoms with E-state index in [0.29, 0.717) is 19.3 Å². The Morgan fingerprint density at radius 1 is 0.287 bits per heavy atom. The molecule has 0 spiro atoms. The maximum Gasteiger partial charge on any atom is 0.472 e. The minimum atomic E-state index is -4.94. The van der Waals surface area contributed by atoms with Crippen LogP contribution in [0.4, 0.5) is 0 Å². The van der Waals surface area contributed by atoms with Gasteiger partial charge in [-0.1, -0.05) is 289 Å². The smallest absolute Gasteiger partial charge is 0.463 e. The van der Waals surface area contributed by atoms with Crippen LogP contribution in [0.2, 0.25) is 0 Å². The molecule has 0 aromatic heterocycles. The van der Waals surface area contributed by atoms with Gasteiger partial charge in [-0.2, -0.15) is 0 Å². The van der Waals surface area contributed by atoms with E-state index in [-0.39, 0.29) is 19.3 Å². The number of hydrogen-bond acceptors (Lipinski definition) is 14. The lowest BCUT2D eigenvalue weighted by molar-refractivity contribution is -0.161. The van der Waals surface area contributed by atoms with E-state index in [2.05, 4.69) is 154 Å². The molecular formula is C83H142O16P2. The molecule has 18 heteroatoms. The number of hydrogen-bond donors (Lipinski definition) is 4. The summed E-state index contributed by atoms with van der Waals surface area (Å²) in [7, 11) is -9.80. The van der Waals surface area contributed by atoms with Gasteiger partial charge in [-0.05, 0) is 141 Å². The Labute approximate surface area is 614 Å². The molecule has 0 saturated heterocycles. The molecule has 5 unspecified atom stereocenters. The van der Waals surface area contributed by atoms with Gasteiger partial charge in [-0.15, -0.1) is 0 Å². The molecule has 0 bridgehead atoms. The second kappa shape index (κ2) is 75.4. The Morgan fingerprint density at radius 3 is 0.832 bits per heavy atom. The second-order valence-corrected chi connectivity index (χ2v) is 29.0. The van der Waals surface area contributed by atoms with Crippen LogP contribution in [0, 0.1) is 0 Å². The fraction of sp³-hybridized carbons (Fsp3) is 0.699. The minimum Gasteiger partial charge on any atom is -0.463 e. The monoisotopic (exact) mass is 1460 g/mol. The van der Waals surface area contributed by atoms with Crippen LogP contribution in [0.3, 0.4) is 0 Å². The second-order valence-electron chi connectivity index (χ2n) is 26.1. The lowest BCUT2D eigenvalue weighted by atomic mass is 10.0. The number of phosphoric acid groups is 2. The minimum absolute atomic E-state index is 0.0793. The first-order valence-electron chi connectivity index (χ1n) is 39.5. The van der Waals surface area contributed by atoms with Gasteiger partial charge in [0.05, 0.1) is 26.4 Å². The van der Waals surface area contributed by atoms with Crippen LogP contribution in [-0.2, 0) is 55.8 Å². The lowest BCUT2D eigenvalue weighted by Gasteiger charge is -2.21. The van der Waals surface area contributed by atoms with Gasteiger partial charge in [0, 0.05) is 19.3 Å². The zero-order valence-electron chi connectivity index (χ0n) is 63.3. The fourth-order valence-corrected chi connectivity index (χ4v) is 11.9. The van der Waals surface area contributed by atoms with Crippen LogP contribution in [0.5, 0.6) is 0 Å². The van der Waals surface area contributed by atoms with Crippen LogP contribution in [0.25, 0.3) is 0 Å². The fourth-order valence-electron chi connectivity index (χ4n) is 10.3. The molecule has 0 saturated carbocycles. The van der Waals surface area contributed by atoms with Crippen molar-refractivity contribution in [2.45, 2.75) is 334 Å². The number of aliphatic hydroxyl groups is 2. The molecule has 0 rings (SSSR count). The highest BCUT2D eigenvalue weighted by Gasteiger charge is 2.29. The zero-order valence-corrected chi connectivity index (χ0v) is 65.1. The van der Waals surface area contributed by atoms with Gasteiger partial charge in [0.25, 0.3) is 0 Å². The highest BCUT2D eigenvalue weighted by atomic mass is 31.2. The number of rotatable bonds is 74. The van der Waals surface area contributed by atoms with E-state index in [4.69, 9.17) is 32.3 Å². The van der Waals surface area contributed by atoms with E-state index < -0.39 is 91.5 Å². The first kappa shape index (κ1) is 96.7. The van der Waals surface area contributed by atoms with Crippen molar-refractivity contribution in [3.63, 3.8) is 0 Å². The molecule has 101 heavy (non-hydrogen) atoms. The molecule has 0 heterocycles. The van der Waals surface area contributed by atoms with E-state index in [9.17, 15) is 43.5 Å². The van der Waals surface area contributed by atoms with E-state index in [1.54, 1.807) is 0 Å².